The van der Waals surface area contributed by atoms with Gasteiger partial charge in [-0.1, -0.05) is 42.5 Å². The van der Waals surface area contributed by atoms with Crippen LogP contribution in [0, 0.1) is 0 Å². The van der Waals surface area contributed by atoms with Crippen LogP contribution in [0.2, 0.25) is 0 Å². The highest BCUT2D eigenvalue weighted by molar-refractivity contribution is 6.43. The van der Waals surface area contributed by atoms with E-state index in [0.717, 1.165) is 60.1 Å². The first-order valence-electron chi connectivity index (χ1n) is 10.0. The second kappa shape index (κ2) is 5.49. The second-order valence-corrected chi connectivity index (χ2v) is 8.00. The van der Waals surface area contributed by atoms with Crippen molar-refractivity contribution < 1.29 is 13.9 Å². The van der Waals surface area contributed by atoms with Crippen molar-refractivity contribution in [1.82, 2.24) is 0 Å². The molecular formula is C27H14O4. The summed E-state index contributed by atoms with van der Waals surface area (Å²) < 4.78 is 11.3. The highest BCUT2D eigenvalue weighted by Crippen LogP contribution is 2.47. The molecule has 0 saturated carbocycles. The highest BCUT2D eigenvalue weighted by Gasteiger charge is 2.23. The Labute approximate surface area is 174 Å². The van der Waals surface area contributed by atoms with Crippen LogP contribution in [0.25, 0.3) is 64.8 Å². The number of methoxy groups -OCH3 is 1. The predicted octanol–water partition coefficient (Wildman–Crippen LogP) is 6.26. The zero-order valence-corrected chi connectivity index (χ0v) is 16.5. The number of carbonyl (C=O) groups is 1. The lowest BCUT2D eigenvalue weighted by atomic mass is 9.84. The standard InChI is InChI=1S/C27H14O4/c1-30-15-10-20-16-4-2-3-14-6-8-17-19-9-13(12-28)5-7-18(19)25-26(24(17)22(14)16)23(20)21(11-15)31-27(25)29/h2-12H,1H3. The van der Waals surface area contributed by atoms with Gasteiger partial charge in [-0.15, -0.1) is 0 Å². The van der Waals surface area contributed by atoms with E-state index in [1.54, 1.807) is 19.2 Å². The van der Waals surface area contributed by atoms with Crippen molar-refractivity contribution in [1.29, 1.82) is 0 Å². The van der Waals surface area contributed by atoms with E-state index in [0.29, 0.717) is 22.3 Å². The van der Waals surface area contributed by atoms with E-state index >= 15 is 0 Å². The zero-order chi connectivity index (χ0) is 20.9. The molecule has 6 aromatic carbocycles. The first kappa shape index (κ1) is 16.6. The maximum atomic E-state index is 13.3. The average molecular weight is 402 g/mol. The molecule has 0 aliphatic heterocycles. The lowest BCUT2D eigenvalue weighted by Crippen LogP contribution is -2.04. The molecule has 0 atom stereocenters. The molecule has 1 aromatic heterocycles. The minimum atomic E-state index is -0.385. The summed E-state index contributed by atoms with van der Waals surface area (Å²) in [5, 5.41) is 10.4. The molecule has 0 N–H and O–H groups in total. The van der Waals surface area contributed by atoms with Crippen LogP contribution in [0.1, 0.15) is 10.4 Å². The number of fused-ring (bicyclic) bond motifs is 4. The van der Waals surface area contributed by atoms with E-state index < -0.39 is 0 Å². The summed E-state index contributed by atoms with van der Waals surface area (Å²) >= 11 is 0. The summed E-state index contributed by atoms with van der Waals surface area (Å²) in [6.07, 6.45) is 0.834. The van der Waals surface area contributed by atoms with E-state index in [1.165, 1.54) is 0 Å². The van der Waals surface area contributed by atoms with Crippen LogP contribution in [-0.2, 0) is 0 Å². The predicted molar refractivity (Wildman–Crippen MR) is 124 cm³/mol. The van der Waals surface area contributed by atoms with Crippen molar-refractivity contribution in [3.8, 4) is 5.75 Å². The first-order valence-corrected chi connectivity index (χ1v) is 10.0. The highest BCUT2D eigenvalue weighted by atomic mass is 16.5. The molecule has 0 radical (unpaired) electrons. The minimum absolute atomic E-state index is 0.385. The van der Waals surface area contributed by atoms with Crippen molar-refractivity contribution >= 4 is 71.1 Å². The van der Waals surface area contributed by atoms with Crippen LogP contribution in [0.5, 0.6) is 5.75 Å². The summed E-state index contributed by atoms with van der Waals surface area (Å²) in [4.78, 5) is 24.8. The van der Waals surface area contributed by atoms with Gasteiger partial charge in [-0.3, -0.25) is 4.79 Å². The Bertz CT molecular complexity index is 1910. The lowest BCUT2D eigenvalue weighted by Gasteiger charge is -2.19. The van der Waals surface area contributed by atoms with Crippen LogP contribution in [-0.4, -0.2) is 13.4 Å². The summed E-state index contributed by atoms with van der Waals surface area (Å²) in [6.45, 7) is 0. The minimum Gasteiger partial charge on any atom is -0.497 e. The van der Waals surface area contributed by atoms with Gasteiger partial charge in [0.1, 0.15) is 17.6 Å². The summed E-state index contributed by atoms with van der Waals surface area (Å²) in [5.74, 6) is 0.647. The van der Waals surface area contributed by atoms with Crippen LogP contribution in [0.4, 0.5) is 0 Å². The van der Waals surface area contributed by atoms with E-state index in [4.69, 9.17) is 9.15 Å². The first-order chi connectivity index (χ1) is 15.2. The van der Waals surface area contributed by atoms with E-state index in [9.17, 15) is 9.59 Å². The smallest absolute Gasteiger partial charge is 0.344 e. The molecule has 4 heteroatoms. The van der Waals surface area contributed by atoms with Gasteiger partial charge in [0, 0.05) is 22.4 Å². The molecule has 4 nitrogen and oxygen atoms in total. The Morgan fingerprint density at radius 1 is 0.742 bits per heavy atom. The number of hydrogen-bond acceptors (Lipinski definition) is 4. The monoisotopic (exact) mass is 402 g/mol. The number of carbonyl (C=O) groups excluding carboxylic acids is 1. The molecule has 0 saturated heterocycles. The van der Waals surface area contributed by atoms with Gasteiger partial charge in [0.15, 0.2) is 0 Å². The van der Waals surface area contributed by atoms with Gasteiger partial charge in [0.05, 0.1) is 12.5 Å². The zero-order valence-electron chi connectivity index (χ0n) is 16.5. The van der Waals surface area contributed by atoms with Crippen LogP contribution < -0.4 is 10.4 Å². The number of benzene rings is 6. The Hall–Kier alpha value is -4.18. The quantitative estimate of drug-likeness (QED) is 0.148. The molecule has 0 aliphatic carbocycles. The number of rotatable bonds is 2. The van der Waals surface area contributed by atoms with Crippen molar-refractivity contribution in [2.24, 2.45) is 0 Å². The Balaban J connectivity index is 1.97. The fraction of sp³-hybridized carbons (Fsp3) is 0.0370. The van der Waals surface area contributed by atoms with Gasteiger partial charge in [-0.25, -0.2) is 4.79 Å². The summed E-state index contributed by atoms with van der Waals surface area (Å²) in [6, 6.07) is 19.7. The molecule has 0 aliphatic rings. The third-order valence-corrected chi connectivity index (χ3v) is 6.54. The molecule has 0 spiro atoms. The van der Waals surface area contributed by atoms with E-state index in [1.807, 2.05) is 24.3 Å². The summed E-state index contributed by atoms with van der Waals surface area (Å²) in [5.41, 5.74) is 0.710. The molecule has 7 rings (SSSR count). The van der Waals surface area contributed by atoms with Gasteiger partial charge in [0.2, 0.25) is 0 Å². The average Bonchev–Trinajstić information content (AvgIpc) is 2.81. The third-order valence-electron chi connectivity index (χ3n) is 6.54. The SMILES string of the molecule is COc1cc2oc(=O)c3c4ccc(C=O)cc4c4ccc5cccc6c(c1)c2c3c4c56. The lowest BCUT2D eigenvalue weighted by molar-refractivity contribution is 0.112. The van der Waals surface area contributed by atoms with Crippen LogP contribution in [0.15, 0.2) is 69.9 Å². The molecule has 0 bridgehead atoms. The summed E-state index contributed by atoms with van der Waals surface area (Å²) in [7, 11) is 1.61. The maximum Gasteiger partial charge on any atom is 0.344 e. The Morgan fingerprint density at radius 2 is 1.55 bits per heavy atom. The largest absolute Gasteiger partial charge is 0.497 e. The normalized spacial score (nSPS) is 12.3. The van der Waals surface area contributed by atoms with E-state index in [-0.39, 0.29) is 5.63 Å². The molecule has 7 aromatic rings. The molecule has 0 amide bonds. The molecule has 0 unspecified atom stereocenters. The van der Waals surface area contributed by atoms with Gasteiger partial charge in [-0.2, -0.15) is 0 Å². The molecule has 31 heavy (non-hydrogen) atoms. The molecule has 0 fully saturated rings. The number of ether oxygens (including phenoxy) is 1. The Kier molecular flexibility index (Phi) is 2.94. The molecular weight excluding hydrogens is 388 g/mol. The van der Waals surface area contributed by atoms with Crippen LogP contribution >= 0.6 is 0 Å². The van der Waals surface area contributed by atoms with Crippen molar-refractivity contribution in [3.05, 3.63) is 76.6 Å². The third kappa shape index (κ3) is 1.90. The fourth-order valence-corrected chi connectivity index (χ4v) is 5.30. The number of aldehydes is 1. The van der Waals surface area contributed by atoms with Gasteiger partial charge in [0.25, 0.3) is 0 Å². The molecule has 1 heterocycles. The number of hydrogen-bond donors (Lipinski definition) is 0. The van der Waals surface area contributed by atoms with Crippen LogP contribution in [0.3, 0.4) is 0 Å². The van der Waals surface area contributed by atoms with Crippen molar-refractivity contribution in [2.45, 2.75) is 0 Å². The van der Waals surface area contributed by atoms with Gasteiger partial charge >= 0.3 is 5.63 Å². The van der Waals surface area contributed by atoms with E-state index in [2.05, 4.69) is 24.3 Å². The molecule has 146 valence electrons. The van der Waals surface area contributed by atoms with Gasteiger partial charge in [-0.05, 0) is 55.2 Å². The van der Waals surface area contributed by atoms with Crippen molar-refractivity contribution in [2.75, 3.05) is 7.11 Å². The second-order valence-electron chi connectivity index (χ2n) is 8.00. The van der Waals surface area contributed by atoms with Crippen molar-refractivity contribution in [3.63, 3.8) is 0 Å². The van der Waals surface area contributed by atoms with Gasteiger partial charge < -0.3 is 9.15 Å². The maximum absolute atomic E-state index is 13.3. The fourth-order valence-electron chi connectivity index (χ4n) is 5.30. The topological polar surface area (TPSA) is 56.5 Å². The Morgan fingerprint density at radius 3 is 2.39 bits per heavy atom.